The van der Waals surface area contributed by atoms with Gasteiger partial charge in [-0.3, -0.25) is 0 Å². The Morgan fingerprint density at radius 1 is 1.45 bits per heavy atom. The fraction of sp³-hybridized carbons (Fsp3) is 0.111. The van der Waals surface area contributed by atoms with Gasteiger partial charge in [0.25, 0.3) is 0 Å². The van der Waals surface area contributed by atoms with Crippen molar-refractivity contribution in [2.24, 2.45) is 0 Å². The summed E-state index contributed by atoms with van der Waals surface area (Å²) in [7, 11) is 0. The monoisotopic (exact) mass is 223 g/mol. The zero-order valence-electron chi connectivity index (χ0n) is 6.54. The molecule has 0 saturated carbocycles. The van der Waals surface area contributed by atoms with Gasteiger partial charge in [0.2, 0.25) is 0 Å². The number of allylic oxidation sites excluding steroid dienone is 3. The molecule has 0 unspecified atom stereocenters. The van der Waals surface area contributed by atoms with Gasteiger partial charge in [-0.25, -0.2) is 0 Å². The average molecular weight is 224 g/mol. The van der Waals surface area contributed by atoms with Crippen LogP contribution >= 0.6 is 0 Å². The van der Waals surface area contributed by atoms with Crippen LogP contribution in [-0.2, 0) is 23.2 Å². The first-order valence-electron chi connectivity index (χ1n) is 3.61. The van der Waals surface area contributed by atoms with Gasteiger partial charge in [-0.2, -0.15) is 0 Å². The second-order valence-corrected chi connectivity index (χ2v) is 4.97. The third-order valence-electron chi connectivity index (χ3n) is 1.24. The van der Waals surface area contributed by atoms with Crippen LogP contribution in [0.5, 0.6) is 0 Å². The van der Waals surface area contributed by atoms with Crippen molar-refractivity contribution in [3.05, 3.63) is 40.3 Å². The topological polar surface area (TPSA) is 15.8 Å². The van der Waals surface area contributed by atoms with Crippen LogP contribution in [0.1, 0.15) is 6.92 Å². The van der Waals surface area contributed by atoms with Crippen LogP contribution in [0.25, 0.3) is 0 Å². The fourth-order valence-electron chi connectivity index (χ4n) is 0.725. The van der Waals surface area contributed by atoms with E-state index in [9.17, 15) is 0 Å². The molecule has 0 saturated heterocycles. The van der Waals surface area contributed by atoms with Crippen LogP contribution < -0.4 is 3.40 Å². The van der Waals surface area contributed by atoms with E-state index in [-0.39, 0.29) is 0 Å². The SMILES string of the molecule is CC=CC=[CH][Zr][c]1ccc[nH]1. The average Bonchev–Trinajstić information content (AvgIpc) is 2.50. The first-order valence-corrected chi connectivity index (χ1v) is 6.26. The molecule has 0 amide bonds. The summed E-state index contributed by atoms with van der Waals surface area (Å²) >= 11 is -0.437. The molecule has 56 valence electrons. The van der Waals surface area contributed by atoms with E-state index in [0.717, 1.165) is 0 Å². The first-order chi connectivity index (χ1) is 5.43. The minimum absolute atomic E-state index is 0.437. The minimum atomic E-state index is -0.437. The maximum absolute atomic E-state index is 3.21. The number of rotatable bonds is 3. The third-order valence-corrected chi connectivity index (χ3v) is 3.65. The van der Waals surface area contributed by atoms with Crippen molar-refractivity contribution in [1.29, 1.82) is 0 Å². The quantitative estimate of drug-likeness (QED) is 0.754. The molecular formula is C9H11NZr. The van der Waals surface area contributed by atoms with Gasteiger partial charge in [0.05, 0.1) is 0 Å². The summed E-state index contributed by atoms with van der Waals surface area (Å²) in [4.78, 5) is 3.21. The van der Waals surface area contributed by atoms with E-state index in [1.54, 1.807) is 0 Å². The summed E-state index contributed by atoms with van der Waals surface area (Å²) in [6, 6.07) is 4.21. The second kappa shape index (κ2) is 5.31. The Kier molecular flexibility index (Phi) is 4.22. The molecule has 0 atom stereocenters. The van der Waals surface area contributed by atoms with Gasteiger partial charge in [-0.05, 0) is 0 Å². The molecule has 11 heavy (non-hydrogen) atoms. The Bertz CT molecular complexity index is 234. The van der Waals surface area contributed by atoms with E-state index in [2.05, 4.69) is 33.1 Å². The standard InChI is InChI=1S/C5H7.C4H4N.Zr/c1-3-5-4-2;1-2-4-5-3-1;/h1,3-5H,2H3;1-3,5H;. The molecule has 1 heterocycles. The van der Waals surface area contributed by atoms with Crippen LogP contribution in [0.4, 0.5) is 0 Å². The summed E-state index contributed by atoms with van der Waals surface area (Å²) < 4.78 is 3.73. The predicted octanol–water partition coefficient (Wildman–Crippen LogP) is 1.81. The van der Waals surface area contributed by atoms with Crippen molar-refractivity contribution in [2.45, 2.75) is 6.92 Å². The molecule has 1 rings (SSSR count). The van der Waals surface area contributed by atoms with E-state index in [1.807, 2.05) is 19.2 Å². The summed E-state index contributed by atoms with van der Waals surface area (Å²) in [6.07, 6.45) is 8.24. The maximum atomic E-state index is 3.21. The van der Waals surface area contributed by atoms with Crippen molar-refractivity contribution in [2.75, 3.05) is 0 Å². The van der Waals surface area contributed by atoms with E-state index in [0.29, 0.717) is 0 Å². The van der Waals surface area contributed by atoms with E-state index in [1.165, 1.54) is 3.40 Å². The molecule has 1 aromatic rings. The summed E-state index contributed by atoms with van der Waals surface area (Å²) in [6.45, 7) is 2.03. The van der Waals surface area contributed by atoms with Crippen molar-refractivity contribution in [3.63, 3.8) is 0 Å². The predicted molar refractivity (Wildman–Crippen MR) is 44.4 cm³/mol. The van der Waals surface area contributed by atoms with Gasteiger partial charge in [-0.1, -0.05) is 0 Å². The number of hydrogen-bond donors (Lipinski definition) is 1. The van der Waals surface area contributed by atoms with Gasteiger partial charge in [0.1, 0.15) is 0 Å². The Labute approximate surface area is 78.8 Å². The Morgan fingerprint density at radius 2 is 2.36 bits per heavy atom. The third kappa shape index (κ3) is 3.52. The van der Waals surface area contributed by atoms with Crippen LogP contribution in [0.3, 0.4) is 0 Å². The van der Waals surface area contributed by atoms with Crippen molar-refractivity contribution >= 4 is 3.40 Å². The Morgan fingerprint density at radius 3 is 3.00 bits per heavy atom. The normalized spacial score (nSPS) is 11.4. The fourth-order valence-corrected chi connectivity index (χ4v) is 2.56. The van der Waals surface area contributed by atoms with Crippen LogP contribution in [0.2, 0.25) is 0 Å². The van der Waals surface area contributed by atoms with E-state index >= 15 is 0 Å². The molecule has 2 heteroatoms. The van der Waals surface area contributed by atoms with Gasteiger partial charge in [-0.15, -0.1) is 0 Å². The summed E-state index contributed by atoms with van der Waals surface area (Å²) in [5.41, 5.74) is 0. The van der Waals surface area contributed by atoms with Gasteiger partial charge < -0.3 is 0 Å². The van der Waals surface area contributed by atoms with Gasteiger partial charge >= 0.3 is 78.9 Å². The Balaban J connectivity index is 2.34. The van der Waals surface area contributed by atoms with Gasteiger partial charge in [0.15, 0.2) is 0 Å². The first kappa shape index (κ1) is 8.74. The van der Waals surface area contributed by atoms with Crippen LogP contribution in [0, 0.1) is 0 Å². The van der Waals surface area contributed by atoms with E-state index < -0.39 is 23.2 Å². The number of hydrogen-bond acceptors (Lipinski definition) is 0. The number of nitrogens with one attached hydrogen (secondary N) is 1. The second-order valence-electron chi connectivity index (χ2n) is 2.11. The molecule has 1 N–H and O–H groups in total. The number of aromatic nitrogens is 1. The molecule has 0 bridgehead atoms. The van der Waals surface area contributed by atoms with Crippen molar-refractivity contribution in [1.82, 2.24) is 4.98 Å². The van der Waals surface area contributed by atoms with E-state index in [4.69, 9.17) is 0 Å². The molecule has 0 aromatic carbocycles. The molecule has 0 aliphatic heterocycles. The summed E-state index contributed by atoms with van der Waals surface area (Å²) in [5.74, 6) is 0. The van der Waals surface area contributed by atoms with Crippen LogP contribution in [0.15, 0.2) is 40.3 Å². The molecule has 0 fully saturated rings. The number of H-pyrrole nitrogens is 1. The molecule has 0 aliphatic carbocycles. The van der Waals surface area contributed by atoms with Gasteiger partial charge in [0, 0.05) is 0 Å². The van der Waals surface area contributed by atoms with Crippen LogP contribution in [-0.4, -0.2) is 4.98 Å². The molecule has 0 aliphatic rings. The van der Waals surface area contributed by atoms with Crippen molar-refractivity contribution < 1.29 is 23.2 Å². The molecule has 1 aromatic heterocycles. The molecule has 0 radical (unpaired) electrons. The number of aromatic amines is 1. The molecule has 0 spiro atoms. The zero-order valence-corrected chi connectivity index (χ0v) is 9.00. The van der Waals surface area contributed by atoms with Crippen molar-refractivity contribution in [3.8, 4) is 0 Å². The molecule has 1 nitrogen and oxygen atoms in total. The zero-order chi connectivity index (χ0) is 7.94. The Hall–Kier alpha value is -0.357. The molecular weight excluding hydrogens is 213 g/mol. The summed E-state index contributed by atoms with van der Waals surface area (Å²) in [5, 5.41) is 0.